The van der Waals surface area contributed by atoms with Gasteiger partial charge in [0.05, 0.1) is 0 Å². The third kappa shape index (κ3) is 5.23. The highest BCUT2D eigenvalue weighted by molar-refractivity contribution is 14.0. The minimum atomic E-state index is 0. The maximum atomic E-state index is 4.83. The Hall–Kier alpha value is -0.0800. The van der Waals surface area contributed by atoms with E-state index in [1.165, 1.54) is 51.9 Å². The number of halogens is 1. The summed E-state index contributed by atoms with van der Waals surface area (Å²) >= 11 is 0. The van der Waals surface area contributed by atoms with E-state index in [1.807, 2.05) is 0 Å². The molecule has 0 bridgehead atoms. The molecule has 128 valence electrons. The van der Waals surface area contributed by atoms with Crippen LogP contribution in [-0.2, 0) is 0 Å². The van der Waals surface area contributed by atoms with Gasteiger partial charge in [-0.05, 0) is 52.1 Å². The predicted octanol–water partition coefficient (Wildman–Crippen LogP) is 1.35. The quantitative estimate of drug-likeness (QED) is 0.400. The van der Waals surface area contributed by atoms with E-state index in [4.69, 9.17) is 4.99 Å². The topological polar surface area (TPSA) is 42.9 Å². The Labute approximate surface area is 152 Å². The lowest BCUT2D eigenvalue weighted by Crippen LogP contribution is -2.45. The van der Waals surface area contributed by atoms with E-state index < -0.39 is 0 Å². The molecule has 2 heterocycles. The molecular formula is C16H32IN5. The van der Waals surface area contributed by atoms with Crippen molar-refractivity contribution in [2.75, 3.05) is 46.3 Å². The van der Waals surface area contributed by atoms with Gasteiger partial charge in [0.15, 0.2) is 5.96 Å². The average Bonchev–Trinajstić information content (AvgIpc) is 3.08. The monoisotopic (exact) mass is 421 g/mol. The van der Waals surface area contributed by atoms with Gasteiger partial charge in [0, 0.05) is 44.8 Å². The van der Waals surface area contributed by atoms with Crippen molar-refractivity contribution >= 4 is 29.9 Å². The molecule has 2 N–H and O–H groups in total. The number of guanidine groups is 1. The van der Waals surface area contributed by atoms with Gasteiger partial charge in [0.1, 0.15) is 0 Å². The van der Waals surface area contributed by atoms with Crippen LogP contribution >= 0.6 is 24.0 Å². The molecule has 0 aromatic heterocycles. The van der Waals surface area contributed by atoms with Crippen molar-refractivity contribution in [1.82, 2.24) is 20.4 Å². The molecule has 0 amide bonds. The summed E-state index contributed by atoms with van der Waals surface area (Å²) in [7, 11) is 2.21. The summed E-state index contributed by atoms with van der Waals surface area (Å²) in [4.78, 5) is 9.88. The fraction of sp³-hybridized carbons (Fsp3) is 0.938. The summed E-state index contributed by atoms with van der Waals surface area (Å²) in [5, 5.41) is 7.06. The molecule has 5 nitrogen and oxygen atoms in total. The second-order valence-electron chi connectivity index (χ2n) is 6.99. The molecule has 0 radical (unpaired) electrons. The minimum absolute atomic E-state index is 0. The normalized spacial score (nSPS) is 30.4. The zero-order valence-electron chi connectivity index (χ0n) is 14.1. The van der Waals surface area contributed by atoms with Gasteiger partial charge in [-0.2, -0.15) is 0 Å². The van der Waals surface area contributed by atoms with E-state index in [9.17, 15) is 0 Å². The Kier molecular flexibility index (Phi) is 7.21. The van der Waals surface area contributed by atoms with Crippen molar-refractivity contribution in [1.29, 1.82) is 0 Å². The molecule has 1 aliphatic carbocycles. The summed E-state index contributed by atoms with van der Waals surface area (Å²) in [5.41, 5.74) is 0. The van der Waals surface area contributed by atoms with Crippen LogP contribution in [-0.4, -0.2) is 74.2 Å². The Morgan fingerprint density at radius 2 is 1.95 bits per heavy atom. The van der Waals surface area contributed by atoms with Crippen molar-refractivity contribution in [3.8, 4) is 0 Å². The zero-order chi connectivity index (χ0) is 14.7. The molecule has 0 spiro atoms. The molecule has 6 heteroatoms. The van der Waals surface area contributed by atoms with Crippen molar-refractivity contribution in [2.45, 2.75) is 44.7 Å². The molecule has 2 unspecified atom stereocenters. The largest absolute Gasteiger partial charge is 0.357 e. The van der Waals surface area contributed by atoms with E-state index in [0.29, 0.717) is 6.04 Å². The van der Waals surface area contributed by atoms with Gasteiger partial charge in [-0.15, -0.1) is 24.0 Å². The van der Waals surface area contributed by atoms with Crippen molar-refractivity contribution in [3.63, 3.8) is 0 Å². The standard InChI is InChI=1S/C16H31N5.HI/c1-3-17-16(18-10-13-6-8-20(2)11-13)19-14-7-9-21(12-14)15-4-5-15;/h13-15H,3-12H2,1-2H3,(H2,17,18,19);1H. The molecule has 2 aliphatic heterocycles. The highest BCUT2D eigenvalue weighted by Gasteiger charge is 2.34. The summed E-state index contributed by atoms with van der Waals surface area (Å²) < 4.78 is 0. The van der Waals surface area contributed by atoms with Crippen LogP contribution in [0, 0.1) is 5.92 Å². The molecular weight excluding hydrogens is 389 g/mol. The summed E-state index contributed by atoms with van der Waals surface area (Å²) in [6.07, 6.45) is 5.37. The molecule has 2 saturated heterocycles. The van der Waals surface area contributed by atoms with Crippen LogP contribution in [0.1, 0.15) is 32.6 Å². The van der Waals surface area contributed by atoms with Crippen LogP contribution < -0.4 is 10.6 Å². The van der Waals surface area contributed by atoms with Gasteiger partial charge in [-0.1, -0.05) is 0 Å². The first kappa shape index (κ1) is 18.3. The lowest BCUT2D eigenvalue weighted by molar-refractivity contribution is 0.321. The SMILES string of the molecule is CCNC(=NCC1CCN(C)C1)NC1CCN(C2CC2)C1.I. The molecule has 3 aliphatic rings. The Balaban J connectivity index is 0.00000176. The minimum Gasteiger partial charge on any atom is -0.357 e. The van der Waals surface area contributed by atoms with E-state index in [1.54, 1.807) is 0 Å². The number of hydrogen-bond acceptors (Lipinski definition) is 3. The van der Waals surface area contributed by atoms with E-state index >= 15 is 0 Å². The summed E-state index contributed by atoms with van der Waals surface area (Å²) in [6.45, 7) is 8.92. The number of likely N-dealkylation sites (tertiary alicyclic amines) is 2. The number of nitrogens with one attached hydrogen (secondary N) is 2. The fourth-order valence-corrected chi connectivity index (χ4v) is 3.59. The van der Waals surface area contributed by atoms with Gasteiger partial charge in [-0.3, -0.25) is 9.89 Å². The van der Waals surface area contributed by atoms with E-state index in [0.717, 1.165) is 31.0 Å². The lowest BCUT2D eigenvalue weighted by atomic mass is 10.1. The summed E-state index contributed by atoms with van der Waals surface area (Å²) in [6, 6.07) is 1.47. The van der Waals surface area contributed by atoms with E-state index in [-0.39, 0.29) is 24.0 Å². The van der Waals surface area contributed by atoms with Crippen LogP contribution in [0.15, 0.2) is 4.99 Å². The van der Waals surface area contributed by atoms with Crippen molar-refractivity contribution in [3.05, 3.63) is 0 Å². The van der Waals surface area contributed by atoms with Gasteiger partial charge >= 0.3 is 0 Å². The van der Waals surface area contributed by atoms with Gasteiger partial charge in [0.2, 0.25) is 0 Å². The first-order valence-corrected chi connectivity index (χ1v) is 8.72. The molecule has 2 atom stereocenters. The van der Waals surface area contributed by atoms with Crippen LogP contribution in [0.3, 0.4) is 0 Å². The number of hydrogen-bond donors (Lipinski definition) is 2. The maximum Gasteiger partial charge on any atom is 0.191 e. The van der Waals surface area contributed by atoms with Gasteiger partial charge in [-0.25, -0.2) is 0 Å². The number of rotatable bonds is 5. The second kappa shape index (κ2) is 8.68. The van der Waals surface area contributed by atoms with Crippen LogP contribution in [0.4, 0.5) is 0 Å². The van der Waals surface area contributed by atoms with Crippen LogP contribution in [0.2, 0.25) is 0 Å². The zero-order valence-corrected chi connectivity index (χ0v) is 16.4. The summed E-state index contributed by atoms with van der Waals surface area (Å²) in [5.74, 6) is 1.76. The highest BCUT2D eigenvalue weighted by atomic mass is 127. The fourth-order valence-electron chi connectivity index (χ4n) is 3.59. The smallest absolute Gasteiger partial charge is 0.191 e. The molecule has 0 aromatic carbocycles. The van der Waals surface area contributed by atoms with Gasteiger partial charge < -0.3 is 15.5 Å². The van der Waals surface area contributed by atoms with Crippen LogP contribution in [0.5, 0.6) is 0 Å². The molecule has 22 heavy (non-hydrogen) atoms. The third-order valence-electron chi connectivity index (χ3n) is 4.96. The van der Waals surface area contributed by atoms with Crippen LogP contribution in [0.25, 0.3) is 0 Å². The lowest BCUT2D eigenvalue weighted by Gasteiger charge is -2.19. The van der Waals surface area contributed by atoms with Gasteiger partial charge in [0.25, 0.3) is 0 Å². The molecule has 3 rings (SSSR count). The first-order valence-electron chi connectivity index (χ1n) is 8.72. The number of aliphatic imine (C=N–C) groups is 1. The average molecular weight is 421 g/mol. The Morgan fingerprint density at radius 3 is 2.59 bits per heavy atom. The number of nitrogens with zero attached hydrogens (tertiary/aromatic N) is 3. The van der Waals surface area contributed by atoms with Crippen molar-refractivity contribution in [2.24, 2.45) is 10.9 Å². The predicted molar refractivity (Wildman–Crippen MR) is 103 cm³/mol. The molecule has 0 aromatic rings. The second-order valence-corrected chi connectivity index (χ2v) is 6.99. The third-order valence-corrected chi connectivity index (χ3v) is 4.96. The molecule has 3 fully saturated rings. The van der Waals surface area contributed by atoms with Crippen molar-refractivity contribution < 1.29 is 0 Å². The maximum absolute atomic E-state index is 4.83. The Morgan fingerprint density at radius 1 is 1.14 bits per heavy atom. The highest BCUT2D eigenvalue weighted by Crippen LogP contribution is 2.29. The Bertz CT molecular complexity index is 372. The first-order chi connectivity index (χ1) is 10.2. The molecule has 1 saturated carbocycles. The van der Waals surface area contributed by atoms with E-state index in [2.05, 4.69) is 34.4 Å².